The molecule has 1 saturated heterocycles. The average Bonchev–Trinajstić information content (AvgIpc) is 3.37. The zero-order chi connectivity index (χ0) is 49.6. The van der Waals surface area contributed by atoms with Crippen molar-refractivity contribution < 1.29 is 52.7 Å². The second-order valence-electron chi connectivity index (χ2n) is 19.2. The van der Waals surface area contributed by atoms with Gasteiger partial charge in [0.2, 0.25) is 12.1 Å². The summed E-state index contributed by atoms with van der Waals surface area (Å²) in [6.07, 6.45) is 20.9. The highest BCUT2D eigenvalue weighted by Crippen LogP contribution is 2.62. The van der Waals surface area contributed by atoms with Gasteiger partial charge in [-0.25, -0.2) is 14.0 Å². The fourth-order valence-corrected chi connectivity index (χ4v) is 10.9. The zero-order valence-corrected chi connectivity index (χ0v) is 42.2. The average molecular weight is 997 g/mol. The summed E-state index contributed by atoms with van der Waals surface area (Å²) in [6, 6.07) is 10.5. The van der Waals surface area contributed by atoms with Gasteiger partial charge in [0.25, 0.3) is 0 Å². The minimum Gasteiger partial charge on any atom is -0.459 e. The number of aliphatic hydroxyl groups excluding tert-OH is 2. The number of alkyl halides is 1. The molecule has 70 heavy (non-hydrogen) atoms. The van der Waals surface area contributed by atoms with E-state index in [-0.39, 0.29) is 63.0 Å². The Labute approximate surface area is 420 Å². The third-order valence-corrected chi connectivity index (χ3v) is 14.4. The number of nitrogens with zero attached hydrogens (tertiary/aromatic N) is 2. The highest BCUT2D eigenvalue weighted by Gasteiger charge is 2.66. The van der Waals surface area contributed by atoms with Crippen LogP contribution in [-0.4, -0.2) is 96.6 Å². The molecule has 2 aromatic carbocycles. The van der Waals surface area contributed by atoms with Gasteiger partial charge in [0.15, 0.2) is 0 Å². The molecule has 1 unspecified atom stereocenters. The first-order valence-electron chi connectivity index (χ1n) is 26.3. The SMILES string of the molecule is C=CCO[C@@]12Oc3ccc(OC(=O)NCCCCCCCCCCCC)cc3[C@H]3[C@H](CCCCO)[C@@H](CCCCO)C=C(C(=NOC4CCCCO4)C[C@@H]1N(Cc1ccc(F)cc1)C(=O)OCCCl)[C@H]32. The van der Waals surface area contributed by atoms with E-state index in [9.17, 15) is 24.2 Å². The molecule has 4 aliphatic rings. The molecule has 2 heterocycles. The maximum atomic E-state index is 14.6. The van der Waals surface area contributed by atoms with E-state index in [0.29, 0.717) is 55.2 Å². The Morgan fingerprint density at radius 3 is 2.37 bits per heavy atom. The lowest BCUT2D eigenvalue weighted by atomic mass is 9.55. The quantitative estimate of drug-likeness (QED) is 0.0298. The number of fused-ring (bicyclic) bond motifs is 2. The molecule has 2 aromatic rings. The first kappa shape index (κ1) is 55.1. The van der Waals surface area contributed by atoms with Gasteiger partial charge in [-0.1, -0.05) is 107 Å². The standard InChI is InChI=1S/C55H79ClFN3O10/c1-3-5-6-7-8-9-10-11-12-16-30-58-53(63)68-43-27-28-48-46(37-43)51-44(21-14-18-32-62)41(20-13-17-31-61)36-45-47(59-70-50-22-15-19-34-65-50)38-49(55(69-48,52(45)51)67-33-4-2)60(54(64)66-35-29-56)39-40-23-25-42(57)26-24-40/h4,23-28,36-37,41,44,49-52,61-62H,2-3,5-22,29-35,38-39H2,1H3,(H,58,63)/t41-,44+,49-,50?,51+,52+,55+/m0/s1. The third kappa shape index (κ3) is 15.2. The number of nitrogens with one attached hydrogen (secondary N) is 1. The summed E-state index contributed by atoms with van der Waals surface area (Å²) >= 11 is 6.10. The number of carbonyl (C=O) groups is 2. The van der Waals surface area contributed by atoms with Crippen molar-refractivity contribution >= 4 is 29.5 Å². The second-order valence-corrected chi connectivity index (χ2v) is 19.6. The molecular formula is C55H79ClFN3O10. The lowest BCUT2D eigenvalue weighted by molar-refractivity contribution is -0.256. The molecule has 0 radical (unpaired) electrons. The Bertz CT molecular complexity index is 1980. The van der Waals surface area contributed by atoms with Gasteiger partial charge in [-0.05, 0) is 98.2 Å². The van der Waals surface area contributed by atoms with Crippen molar-refractivity contribution in [1.82, 2.24) is 10.2 Å². The monoisotopic (exact) mass is 996 g/mol. The lowest BCUT2D eigenvalue weighted by Crippen LogP contribution is -2.70. The predicted octanol–water partition coefficient (Wildman–Crippen LogP) is 11.9. The van der Waals surface area contributed by atoms with Crippen molar-refractivity contribution in [2.24, 2.45) is 22.9 Å². The highest BCUT2D eigenvalue weighted by atomic mass is 35.5. The van der Waals surface area contributed by atoms with Gasteiger partial charge in [0.05, 0.1) is 30.7 Å². The number of oxime groups is 1. The molecule has 3 N–H and O–H groups in total. The molecule has 0 spiro atoms. The zero-order valence-electron chi connectivity index (χ0n) is 41.5. The molecule has 388 valence electrons. The van der Waals surface area contributed by atoms with E-state index in [0.717, 1.165) is 68.9 Å². The maximum Gasteiger partial charge on any atom is 0.412 e. The van der Waals surface area contributed by atoms with Crippen molar-refractivity contribution in [3.8, 4) is 11.5 Å². The number of unbranched alkanes of at least 4 members (excludes halogenated alkanes) is 11. The molecule has 13 nitrogen and oxygen atoms in total. The summed E-state index contributed by atoms with van der Waals surface area (Å²) in [7, 11) is 0. The van der Waals surface area contributed by atoms with Crippen LogP contribution in [0.4, 0.5) is 14.0 Å². The number of ether oxygens (including phenoxy) is 5. The summed E-state index contributed by atoms with van der Waals surface area (Å²) in [5, 5.41) is 27.9. The Morgan fingerprint density at radius 2 is 1.69 bits per heavy atom. The second kappa shape index (κ2) is 29.3. The molecule has 6 rings (SSSR count). The van der Waals surface area contributed by atoms with E-state index in [2.05, 4.69) is 24.9 Å². The number of rotatable bonds is 30. The normalized spacial score (nSPS) is 24.1. The van der Waals surface area contributed by atoms with Crippen LogP contribution in [-0.2, 0) is 25.6 Å². The fourth-order valence-electron chi connectivity index (χ4n) is 10.9. The molecular weight excluding hydrogens is 917 g/mol. The summed E-state index contributed by atoms with van der Waals surface area (Å²) in [5.74, 6) is -2.16. The number of aliphatic hydroxyl groups is 2. The van der Waals surface area contributed by atoms with E-state index >= 15 is 0 Å². The first-order chi connectivity index (χ1) is 34.3. The van der Waals surface area contributed by atoms with Crippen LogP contribution in [0.15, 0.2) is 71.9 Å². The molecule has 0 aromatic heterocycles. The van der Waals surface area contributed by atoms with Gasteiger partial charge in [-0.2, -0.15) is 0 Å². The van der Waals surface area contributed by atoms with Crippen molar-refractivity contribution in [1.29, 1.82) is 0 Å². The van der Waals surface area contributed by atoms with Crippen molar-refractivity contribution in [2.45, 2.75) is 166 Å². The highest BCUT2D eigenvalue weighted by molar-refractivity contribution is 6.18. The number of halogens is 2. The van der Waals surface area contributed by atoms with Crippen LogP contribution < -0.4 is 14.8 Å². The fraction of sp³-hybridized carbons (Fsp3) is 0.655. The molecule has 0 bridgehead atoms. The minimum atomic E-state index is -1.59. The molecule has 2 amide bonds. The summed E-state index contributed by atoms with van der Waals surface area (Å²) in [4.78, 5) is 35.8. The van der Waals surface area contributed by atoms with Crippen LogP contribution in [0.1, 0.15) is 152 Å². The number of carbonyl (C=O) groups excluding carboxylic acids is 2. The van der Waals surface area contributed by atoms with E-state index in [1.165, 1.54) is 57.1 Å². The maximum absolute atomic E-state index is 14.6. The summed E-state index contributed by atoms with van der Waals surface area (Å²) in [5.41, 5.74) is 2.88. The first-order valence-corrected chi connectivity index (χ1v) is 26.9. The lowest BCUT2D eigenvalue weighted by Gasteiger charge is -2.59. The number of hydrogen-bond donors (Lipinski definition) is 3. The van der Waals surface area contributed by atoms with Crippen LogP contribution in [0.2, 0.25) is 0 Å². The Hall–Kier alpha value is -4.21. The molecule has 1 saturated carbocycles. The summed E-state index contributed by atoms with van der Waals surface area (Å²) < 4.78 is 46.5. The van der Waals surface area contributed by atoms with Crippen molar-refractivity contribution in [3.05, 3.63) is 83.7 Å². The van der Waals surface area contributed by atoms with E-state index < -0.39 is 42.0 Å². The smallest absolute Gasteiger partial charge is 0.412 e. The van der Waals surface area contributed by atoms with Crippen LogP contribution >= 0.6 is 11.6 Å². The summed E-state index contributed by atoms with van der Waals surface area (Å²) in [6.45, 7) is 7.41. The van der Waals surface area contributed by atoms with E-state index in [4.69, 9.17) is 45.3 Å². The van der Waals surface area contributed by atoms with Gasteiger partial charge in [0, 0.05) is 50.6 Å². The van der Waals surface area contributed by atoms with E-state index in [1.807, 2.05) is 6.07 Å². The molecule has 2 aliphatic heterocycles. The van der Waals surface area contributed by atoms with E-state index in [1.54, 1.807) is 35.2 Å². The molecule has 15 heteroatoms. The largest absolute Gasteiger partial charge is 0.459 e. The topological polar surface area (TPSA) is 158 Å². The van der Waals surface area contributed by atoms with Gasteiger partial charge in [-0.3, -0.25) is 4.90 Å². The predicted molar refractivity (Wildman–Crippen MR) is 270 cm³/mol. The van der Waals surface area contributed by atoms with Gasteiger partial charge < -0.3 is 44.1 Å². The van der Waals surface area contributed by atoms with Crippen LogP contribution in [0.5, 0.6) is 11.5 Å². The number of allylic oxidation sites excluding steroid dienone is 1. The van der Waals surface area contributed by atoms with Gasteiger partial charge in [0.1, 0.15) is 30.0 Å². The van der Waals surface area contributed by atoms with Gasteiger partial charge >= 0.3 is 12.2 Å². The Balaban J connectivity index is 1.42. The van der Waals surface area contributed by atoms with Crippen LogP contribution in [0, 0.1) is 23.6 Å². The van der Waals surface area contributed by atoms with Crippen LogP contribution in [0.25, 0.3) is 0 Å². The van der Waals surface area contributed by atoms with Gasteiger partial charge in [-0.15, -0.1) is 18.2 Å². The molecule has 2 fully saturated rings. The Morgan fingerprint density at radius 1 is 0.957 bits per heavy atom. The van der Waals surface area contributed by atoms with Crippen molar-refractivity contribution in [2.75, 3.05) is 45.5 Å². The Kier molecular flexibility index (Phi) is 23.1. The third-order valence-electron chi connectivity index (χ3n) is 14.3. The molecule has 7 atom stereocenters. The number of hydrogen-bond acceptors (Lipinski definition) is 11. The van der Waals surface area contributed by atoms with Crippen molar-refractivity contribution in [3.63, 3.8) is 0 Å². The molecule has 2 aliphatic carbocycles. The number of benzene rings is 2. The minimum absolute atomic E-state index is 0.00250. The number of amides is 2. The van der Waals surface area contributed by atoms with Crippen LogP contribution in [0.3, 0.4) is 0 Å².